The van der Waals surface area contributed by atoms with E-state index in [1.54, 1.807) is 16.8 Å². The Labute approximate surface area is 138 Å². The van der Waals surface area contributed by atoms with Crippen LogP contribution in [0.2, 0.25) is 0 Å². The third kappa shape index (κ3) is 2.54. The molecule has 1 N–H and O–H groups in total. The third-order valence-corrected chi connectivity index (χ3v) is 3.89. The summed E-state index contributed by atoms with van der Waals surface area (Å²) in [6, 6.07) is 9.42. The minimum Gasteiger partial charge on any atom is -0.491 e. The van der Waals surface area contributed by atoms with Crippen LogP contribution in [0.5, 0.6) is 11.6 Å². The average Bonchev–Trinajstić information content (AvgIpc) is 3.01. The van der Waals surface area contributed by atoms with Gasteiger partial charge in [0.15, 0.2) is 5.65 Å². The zero-order valence-corrected chi connectivity index (χ0v) is 13.1. The summed E-state index contributed by atoms with van der Waals surface area (Å²) >= 11 is 0. The van der Waals surface area contributed by atoms with Crippen LogP contribution in [-0.4, -0.2) is 33.7 Å². The van der Waals surface area contributed by atoms with Crippen LogP contribution in [0.3, 0.4) is 0 Å². The number of carbonyl (C=O) groups excluding carboxylic acids is 1. The molecule has 0 radical (unpaired) electrons. The topological polar surface area (TPSA) is 77.8 Å². The largest absolute Gasteiger partial charge is 0.491 e. The highest BCUT2D eigenvalue weighted by Crippen LogP contribution is 2.28. The number of rotatable bonds is 0. The van der Waals surface area contributed by atoms with Crippen molar-refractivity contribution in [2.75, 3.05) is 13.2 Å². The molecule has 0 saturated carbocycles. The van der Waals surface area contributed by atoms with Crippen LogP contribution in [0, 0.1) is 0 Å². The predicted molar refractivity (Wildman–Crippen MR) is 86.3 cm³/mol. The Balaban J connectivity index is 1.79. The molecule has 0 spiro atoms. The van der Waals surface area contributed by atoms with Crippen molar-refractivity contribution >= 4 is 11.6 Å². The molecule has 1 atom stereocenters. The van der Waals surface area contributed by atoms with Gasteiger partial charge in [-0.05, 0) is 13.0 Å². The number of benzene rings is 1. The molecule has 1 aliphatic heterocycles. The predicted octanol–water partition coefficient (Wildman–Crippen LogP) is 1.99. The number of amides is 1. The van der Waals surface area contributed by atoms with Crippen LogP contribution in [0.15, 0.2) is 42.7 Å². The van der Waals surface area contributed by atoms with E-state index in [9.17, 15) is 4.79 Å². The number of ether oxygens (including phenoxy) is 2. The maximum Gasteiger partial charge on any atom is 0.256 e. The molecule has 122 valence electrons. The lowest BCUT2D eigenvalue weighted by Crippen LogP contribution is -2.28. The Bertz CT molecular complexity index is 906. The summed E-state index contributed by atoms with van der Waals surface area (Å²) in [6.45, 7) is 2.69. The second-order valence-corrected chi connectivity index (χ2v) is 5.49. The van der Waals surface area contributed by atoms with Gasteiger partial charge in [0, 0.05) is 17.8 Å². The van der Waals surface area contributed by atoms with Gasteiger partial charge in [0.25, 0.3) is 5.91 Å². The Kier molecular flexibility index (Phi) is 3.53. The van der Waals surface area contributed by atoms with Gasteiger partial charge < -0.3 is 14.8 Å². The SMILES string of the molecule is CC1Oc2ccn3ncc(c3n2)C(=O)NCCOc2ccccc21. The maximum absolute atomic E-state index is 12.3. The first-order chi connectivity index (χ1) is 11.7. The fourth-order valence-electron chi connectivity index (χ4n) is 2.69. The molecule has 3 aromatic rings. The van der Waals surface area contributed by atoms with Crippen molar-refractivity contribution in [2.24, 2.45) is 0 Å². The Morgan fingerprint density at radius 2 is 2.17 bits per heavy atom. The number of para-hydroxylation sites is 1. The molecule has 1 unspecified atom stereocenters. The van der Waals surface area contributed by atoms with Gasteiger partial charge in [-0.25, -0.2) is 4.52 Å². The highest BCUT2D eigenvalue weighted by atomic mass is 16.5. The van der Waals surface area contributed by atoms with Gasteiger partial charge in [-0.3, -0.25) is 4.79 Å². The molecule has 7 nitrogen and oxygen atoms in total. The molecule has 2 bridgehead atoms. The summed E-state index contributed by atoms with van der Waals surface area (Å²) in [4.78, 5) is 16.7. The highest BCUT2D eigenvalue weighted by Gasteiger charge is 2.18. The van der Waals surface area contributed by atoms with E-state index >= 15 is 0 Å². The number of carbonyl (C=O) groups is 1. The number of hydrogen-bond donors (Lipinski definition) is 1. The van der Waals surface area contributed by atoms with Crippen molar-refractivity contribution in [1.82, 2.24) is 19.9 Å². The summed E-state index contributed by atoms with van der Waals surface area (Å²) in [5, 5.41) is 6.96. The van der Waals surface area contributed by atoms with Crippen LogP contribution in [0.1, 0.15) is 28.9 Å². The average molecular weight is 324 g/mol. The molecule has 0 aliphatic carbocycles. The molecular formula is C17H16N4O3. The number of fused-ring (bicyclic) bond motifs is 2. The molecule has 1 aliphatic rings. The van der Waals surface area contributed by atoms with E-state index in [2.05, 4.69) is 15.4 Å². The van der Waals surface area contributed by atoms with E-state index in [0.29, 0.717) is 30.2 Å². The summed E-state index contributed by atoms with van der Waals surface area (Å²) in [5.74, 6) is 0.931. The fourth-order valence-corrected chi connectivity index (χ4v) is 2.69. The molecule has 24 heavy (non-hydrogen) atoms. The van der Waals surface area contributed by atoms with E-state index in [0.717, 1.165) is 11.3 Å². The van der Waals surface area contributed by atoms with Gasteiger partial charge in [0.2, 0.25) is 5.88 Å². The van der Waals surface area contributed by atoms with Gasteiger partial charge >= 0.3 is 0 Å². The van der Waals surface area contributed by atoms with Crippen LogP contribution < -0.4 is 14.8 Å². The third-order valence-electron chi connectivity index (χ3n) is 3.89. The lowest BCUT2D eigenvalue weighted by atomic mass is 10.1. The smallest absolute Gasteiger partial charge is 0.256 e. The highest BCUT2D eigenvalue weighted by molar-refractivity contribution is 5.99. The minimum atomic E-state index is -0.244. The summed E-state index contributed by atoms with van der Waals surface area (Å²) < 4.78 is 13.3. The second-order valence-electron chi connectivity index (χ2n) is 5.49. The molecule has 2 aromatic heterocycles. The Morgan fingerprint density at radius 1 is 1.29 bits per heavy atom. The minimum absolute atomic E-state index is 0.237. The molecule has 1 aromatic carbocycles. The number of aromatic nitrogens is 3. The number of nitrogens with one attached hydrogen (secondary N) is 1. The molecule has 3 heterocycles. The molecule has 4 rings (SSSR count). The lowest BCUT2D eigenvalue weighted by molar-refractivity contribution is 0.0948. The monoisotopic (exact) mass is 324 g/mol. The quantitative estimate of drug-likeness (QED) is 0.684. The normalized spacial score (nSPS) is 17.7. The van der Waals surface area contributed by atoms with Crippen molar-refractivity contribution in [1.29, 1.82) is 0 Å². The van der Waals surface area contributed by atoms with Crippen molar-refractivity contribution in [2.45, 2.75) is 13.0 Å². The number of nitrogens with zero attached hydrogens (tertiary/aromatic N) is 3. The lowest BCUT2D eigenvalue weighted by Gasteiger charge is -2.18. The Morgan fingerprint density at radius 3 is 3.08 bits per heavy atom. The van der Waals surface area contributed by atoms with Crippen LogP contribution in [0.25, 0.3) is 5.65 Å². The van der Waals surface area contributed by atoms with Gasteiger partial charge in [-0.1, -0.05) is 18.2 Å². The van der Waals surface area contributed by atoms with Crippen LogP contribution >= 0.6 is 0 Å². The summed E-state index contributed by atoms with van der Waals surface area (Å²) in [6.07, 6.45) is 2.98. The molecule has 0 fully saturated rings. The zero-order chi connectivity index (χ0) is 16.5. The fraction of sp³-hybridized carbons (Fsp3) is 0.235. The van der Waals surface area contributed by atoms with Gasteiger partial charge in [-0.15, -0.1) is 0 Å². The number of hydrogen-bond acceptors (Lipinski definition) is 5. The first-order valence-electron chi connectivity index (χ1n) is 7.73. The van der Waals surface area contributed by atoms with Crippen molar-refractivity contribution < 1.29 is 14.3 Å². The molecule has 0 saturated heterocycles. The van der Waals surface area contributed by atoms with E-state index < -0.39 is 0 Å². The van der Waals surface area contributed by atoms with Crippen molar-refractivity contribution in [3.63, 3.8) is 0 Å². The standard InChI is InChI=1S/C17H16N4O3/c1-11-12-4-2-3-5-14(12)23-9-7-18-17(22)13-10-19-21-8-6-15(24-11)20-16(13)21/h2-6,8,10-11H,7,9H2,1H3,(H,18,22). The van der Waals surface area contributed by atoms with Crippen molar-refractivity contribution in [3.05, 3.63) is 53.9 Å². The van der Waals surface area contributed by atoms with Gasteiger partial charge in [0.1, 0.15) is 24.0 Å². The summed E-state index contributed by atoms with van der Waals surface area (Å²) in [7, 11) is 0. The zero-order valence-electron chi connectivity index (χ0n) is 13.1. The van der Waals surface area contributed by atoms with Crippen molar-refractivity contribution in [3.8, 4) is 11.6 Å². The van der Waals surface area contributed by atoms with E-state index in [1.165, 1.54) is 6.20 Å². The second kappa shape index (κ2) is 5.84. The Hall–Kier alpha value is -3.09. The first-order valence-corrected chi connectivity index (χ1v) is 7.73. The summed E-state index contributed by atoms with van der Waals surface area (Å²) in [5.41, 5.74) is 1.80. The van der Waals surface area contributed by atoms with Gasteiger partial charge in [-0.2, -0.15) is 10.1 Å². The first kappa shape index (κ1) is 14.5. The van der Waals surface area contributed by atoms with E-state index in [4.69, 9.17) is 9.47 Å². The molecular weight excluding hydrogens is 308 g/mol. The van der Waals surface area contributed by atoms with E-state index in [1.807, 2.05) is 31.2 Å². The molecule has 7 heteroatoms. The van der Waals surface area contributed by atoms with Gasteiger partial charge in [0.05, 0.1) is 12.7 Å². The van der Waals surface area contributed by atoms with Crippen LogP contribution in [-0.2, 0) is 0 Å². The van der Waals surface area contributed by atoms with Crippen LogP contribution in [0.4, 0.5) is 0 Å². The molecule has 1 amide bonds. The maximum atomic E-state index is 12.3. The van der Waals surface area contributed by atoms with E-state index in [-0.39, 0.29) is 12.0 Å².